The smallest absolute Gasteiger partial charge is 0.313 e. The van der Waals surface area contributed by atoms with Crippen LogP contribution in [-0.2, 0) is 4.79 Å². The van der Waals surface area contributed by atoms with E-state index in [4.69, 9.17) is 0 Å². The molecule has 2 rings (SSSR count). The fourth-order valence-electron chi connectivity index (χ4n) is 3.68. The number of nitro groups is 1. The lowest BCUT2D eigenvalue weighted by atomic mass is 9.61. The Labute approximate surface area is 146 Å². The van der Waals surface area contributed by atoms with Crippen LogP contribution in [0.25, 0.3) is 0 Å². The lowest BCUT2D eigenvalue weighted by Crippen LogP contribution is -2.55. The van der Waals surface area contributed by atoms with Crippen molar-refractivity contribution in [3.05, 3.63) is 51.2 Å². The number of benzene rings is 1. The minimum absolute atomic E-state index is 0.00933. The van der Waals surface area contributed by atoms with Gasteiger partial charge in [-0.3, -0.25) is 14.9 Å². The molecule has 3 unspecified atom stereocenters. The van der Waals surface area contributed by atoms with Crippen LogP contribution in [0.5, 0.6) is 0 Å². The van der Waals surface area contributed by atoms with Crippen molar-refractivity contribution >= 4 is 11.7 Å². The van der Waals surface area contributed by atoms with Crippen molar-refractivity contribution in [2.45, 2.75) is 39.7 Å². The summed E-state index contributed by atoms with van der Waals surface area (Å²) >= 11 is 0. The maximum absolute atomic E-state index is 12.2. The third kappa shape index (κ3) is 2.95. The molecule has 0 bridgehead atoms. The first kappa shape index (κ1) is 18.5. The van der Waals surface area contributed by atoms with Gasteiger partial charge in [-0.05, 0) is 30.9 Å². The average molecular weight is 343 g/mol. The van der Waals surface area contributed by atoms with Gasteiger partial charge in [0.1, 0.15) is 11.5 Å². The van der Waals surface area contributed by atoms with Crippen LogP contribution in [0.1, 0.15) is 39.2 Å². The highest BCUT2D eigenvalue weighted by Gasteiger charge is 2.54. The molecule has 1 aliphatic rings. The summed E-state index contributed by atoms with van der Waals surface area (Å²) in [5.41, 5.74) is 0.568. The summed E-state index contributed by atoms with van der Waals surface area (Å²) in [6.45, 7) is 7.22. The van der Waals surface area contributed by atoms with E-state index in [1.807, 2.05) is 26.8 Å². The van der Waals surface area contributed by atoms with Gasteiger partial charge in [0.05, 0.1) is 11.0 Å². The van der Waals surface area contributed by atoms with Crippen LogP contribution >= 0.6 is 0 Å². The number of carbonyl (C=O) groups is 1. The van der Waals surface area contributed by atoms with Crippen molar-refractivity contribution in [3.63, 3.8) is 0 Å². The Balaban J connectivity index is 2.79. The van der Waals surface area contributed by atoms with Crippen LogP contribution in [0.2, 0.25) is 0 Å². The number of carboxylic acid groups (broad SMARTS) is 1. The maximum atomic E-state index is 12.2. The monoisotopic (exact) mass is 343 g/mol. The summed E-state index contributed by atoms with van der Waals surface area (Å²) in [5.74, 6) is -1.75. The lowest BCUT2D eigenvalue weighted by Gasteiger charge is -2.45. The predicted octanol–water partition coefficient (Wildman–Crippen LogP) is 3.19. The van der Waals surface area contributed by atoms with Gasteiger partial charge >= 0.3 is 5.97 Å². The quantitative estimate of drug-likeness (QED) is 0.640. The molecule has 3 atom stereocenters. The van der Waals surface area contributed by atoms with Gasteiger partial charge in [0.15, 0.2) is 0 Å². The largest absolute Gasteiger partial charge is 0.481 e. The van der Waals surface area contributed by atoms with Crippen LogP contribution in [0.4, 0.5) is 5.69 Å². The topological polar surface area (TPSA) is 116 Å². The number of carboxylic acids is 1. The van der Waals surface area contributed by atoms with Gasteiger partial charge in [0.2, 0.25) is 0 Å². The Morgan fingerprint density at radius 2 is 2.12 bits per heavy atom. The van der Waals surface area contributed by atoms with Crippen molar-refractivity contribution in [1.82, 2.24) is 5.32 Å². The first-order valence-electron chi connectivity index (χ1n) is 7.99. The number of nitro benzene ring substituents is 1. The Morgan fingerprint density at radius 3 is 2.60 bits per heavy atom. The van der Waals surface area contributed by atoms with E-state index in [-0.39, 0.29) is 11.6 Å². The van der Waals surface area contributed by atoms with Gasteiger partial charge in [-0.15, -0.1) is 0 Å². The van der Waals surface area contributed by atoms with Crippen molar-refractivity contribution < 1.29 is 14.8 Å². The Morgan fingerprint density at radius 1 is 1.48 bits per heavy atom. The number of hydrogen-bond donors (Lipinski definition) is 2. The molecule has 7 nitrogen and oxygen atoms in total. The average Bonchev–Trinajstić information content (AvgIpc) is 2.55. The van der Waals surface area contributed by atoms with E-state index in [1.165, 1.54) is 19.1 Å². The molecule has 0 aliphatic carbocycles. The molecule has 1 aliphatic heterocycles. The molecule has 2 N–H and O–H groups in total. The molecule has 0 saturated carbocycles. The van der Waals surface area contributed by atoms with Gasteiger partial charge in [-0.1, -0.05) is 26.0 Å². The van der Waals surface area contributed by atoms with Gasteiger partial charge in [0, 0.05) is 23.7 Å². The highest BCUT2D eigenvalue weighted by molar-refractivity contribution is 5.79. The zero-order chi connectivity index (χ0) is 18.9. The molecular formula is C18H21N3O4. The number of aliphatic carboxylic acids is 1. The zero-order valence-corrected chi connectivity index (χ0v) is 14.6. The third-order valence-corrected chi connectivity index (χ3v) is 4.93. The minimum atomic E-state index is -1.46. The number of nitriles is 1. The predicted molar refractivity (Wildman–Crippen MR) is 91.7 cm³/mol. The number of nitrogens with one attached hydrogen (secondary N) is 1. The van der Waals surface area contributed by atoms with Crippen molar-refractivity contribution in [1.29, 1.82) is 5.26 Å². The molecule has 0 radical (unpaired) electrons. The number of allylic oxidation sites excluding steroid dienone is 2. The van der Waals surface area contributed by atoms with Gasteiger partial charge in [-0.25, -0.2) is 0 Å². The standard InChI is InChI=1S/C18H21N3O4/c1-10(2)15-11(3)20-14(9-19)18(4,17(22)23)16(15)12-6-5-7-13(8-12)21(24)25/h5-8,10,14,16,20H,1-4H3,(H,22,23). The Bertz CT molecular complexity index is 794. The molecule has 1 heterocycles. The second-order valence-corrected chi connectivity index (χ2v) is 6.81. The highest BCUT2D eigenvalue weighted by atomic mass is 16.6. The van der Waals surface area contributed by atoms with Crippen LogP contribution in [0, 0.1) is 32.8 Å². The Kier molecular flexibility index (Phi) is 4.84. The molecular weight excluding hydrogens is 322 g/mol. The molecule has 0 saturated heterocycles. The van der Waals surface area contributed by atoms with E-state index >= 15 is 0 Å². The first-order valence-corrected chi connectivity index (χ1v) is 7.99. The molecule has 132 valence electrons. The number of non-ortho nitro benzene ring substituents is 1. The highest BCUT2D eigenvalue weighted by Crippen LogP contribution is 2.50. The molecule has 1 aromatic carbocycles. The Hall–Kier alpha value is -2.88. The summed E-state index contributed by atoms with van der Waals surface area (Å²) in [5, 5.41) is 33.6. The maximum Gasteiger partial charge on any atom is 0.313 e. The molecule has 0 amide bonds. The SMILES string of the molecule is CC1=C(C(C)C)C(c2cccc([N+](=O)[O-])c2)C(C)(C(=O)O)C(C#N)N1. The van der Waals surface area contributed by atoms with E-state index in [2.05, 4.69) is 5.32 Å². The molecule has 0 fully saturated rings. The lowest BCUT2D eigenvalue weighted by molar-refractivity contribution is -0.384. The van der Waals surface area contributed by atoms with Crippen LogP contribution in [0.15, 0.2) is 35.5 Å². The molecule has 0 aromatic heterocycles. The van der Waals surface area contributed by atoms with E-state index < -0.39 is 28.3 Å². The summed E-state index contributed by atoms with van der Waals surface area (Å²) in [6.07, 6.45) is 0. The van der Waals surface area contributed by atoms with E-state index in [0.29, 0.717) is 5.56 Å². The second-order valence-electron chi connectivity index (χ2n) is 6.81. The third-order valence-electron chi connectivity index (χ3n) is 4.93. The van der Waals surface area contributed by atoms with Gasteiger partial charge < -0.3 is 10.4 Å². The summed E-state index contributed by atoms with van der Waals surface area (Å²) in [7, 11) is 0. The number of rotatable bonds is 4. The summed E-state index contributed by atoms with van der Waals surface area (Å²) < 4.78 is 0. The van der Waals surface area contributed by atoms with E-state index in [9.17, 15) is 25.3 Å². The zero-order valence-electron chi connectivity index (χ0n) is 14.6. The van der Waals surface area contributed by atoms with Crippen LogP contribution in [-0.4, -0.2) is 22.0 Å². The van der Waals surface area contributed by atoms with Gasteiger partial charge in [0.25, 0.3) is 5.69 Å². The molecule has 7 heteroatoms. The summed E-state index contributed by atoms with van der Waals surface area (Å²) in [4.78, 5) is 22.8. The van der Waals surface area contributed by atoms with Crippen molar-refractivity contribution in [2.24, 2.45) is 11.3 Å². The summed E-state index contributed by atoms with van der Waals surface area (Å²) in [6, 6.07) is 7.11. The fourth-order valence-corrected chi connectivity index (χ4v) is 3.68. The second kappa shape index (κ2) is 6.55. The molecule has 1 aromatic rings. The van der Waals surface area contributed by atoms with Crippen LogP contribution in [0.3, 0.4) is 0 Å². The molecule has 0 spiro atoms. The number of hydrogen-bond acceptors (Lipinski definition) is 5. The number of nitrogens with zero attached hydrogens (tertiary/aromatic N) is 2. The first-order chi connectivity index (χ1) is 11.6. The van der Waals surface area contributed by atoms with Crippen molar-refractivity contribution in [2.75, 3.05) is 0 Å². The van der Waals surface area contributed by atoms with E-state index in [0.717, 1.165) is 11.3 Å². The molecule has 25 heavy (non-hydrogen) atoms. The van der Waals surface area contributed by atoms with E-state index in [1.54, 1.807) is 12.1 Å². The minimum Gasteiger partial charge on any atom is -0.481 e. The van der Waals surface area contributed by atoms with Crippen LogP contribution < -0.4 is 5.32 Å². The normalized spacial score (nSPS) is 26.1. The van der Waals surface area contributed by atoms with Crippen molar-refractivity contribution in [3.8, 4) is 6.07 Å². The van der Waals surface area contributed by atoms with Gasteiger partial charge in [-0.2, -0.15) is 5.26 Å². The fraction of sp³-hybridized carbons (Fsp3) is 0.444.